The minimum Gasteiger partial charge on any atom is -0.477 e. The SMILES string of the molecule is C[C@@H](O)[C@@H]1C(=O)N2C(C(=O)O)=C(CN3C[C@H](N=C(N)N)[C@@H](O)C3)[C@H](C)[C@H]12. The van der Waals surface area contributed by atoms with E-state index in [0.29, 0.717) is 25.2 Å². The topological polar surface area (TPSA) is 166 Å². The highest BCUT2D eigenvalue weighted by atomic mass is 16.4. The molecule has 3 heterocycles. The fourth-order valence-corrected chi connectivity index (χ4v) is 4.39. The first-order chi connectivity index (χ1) is 12.1. The monoisotopic (exact) mass is 367 g/mol. The Kier molecular flexibility index (Phi) is 4.67. The summed E-state index contributed by atoms with van der Waals surface area (Å²) < 4.78 is 0. The van der Waals surface area contributed by atoms with E-state index >= 15 is 0 Å². The van der Waals surface area contributed by atoms with Crippen LogP contribution < -0.4 is 11.5 Å². The molecule has 6 atom stereocenters. The van der Waals surface area contributed by atoms with Gasteiger partial charge in [0, 0.05) is 25.6 Å². The minimum absolute atomic E-state index is 0.0100. The van der Waals surface area contributed by atoms with Crippen LogP contribution in [0.2, 0.25) is 0 Å². The Balaban J connectivity index is 1.82. The number of amides is 1. The Morgan fingerprint density at radius 2 is 2.04 bits per heavy atom. The molecule has 0 saturated carbocycles. The van der Waals surface area contributed by atoms with Crippen molar-refractivity contribution in [3.05, 3.63) is 11.3 Å². The molecule has 0 unspecified atom stereocenters. The van der Waals surface area contributed by atoms with E-state index in [1.807, 2.05) is 11.8 Å². The van der Waals surface area contributed by atoms with Gasteiger partial charge >= 0.3 is 5.97 Å². The number of likely N-dealkylation sites (tertiary alicyclic amines) is 1. The molecular formula is C16H25N5O5. The molecule has 3 aliphatic rings. The zero-order valence-electron chi connectivity index (χ0n) is 14.7. The second-order valence-corrected chi connectivity index (χ2v) is 7.32. The van der Waals surface area contributed by atoms with Gasteiger partial charge in [0.05, 0.1) is 30.2 Å². The zero-order chi connectivity index (χ0) is 19.3. The molecule has 0 radical (unpaired) electrons. The number of nitrogens with two attached hydrogens (primary N) is 2. The number of aliphatic carboxylic acids is 1. The molecule has 144 valence electrons. The van der Waals surface area contributed by atoms with Crippen molar-refractivity contribution in [2.24, 2.45) is 28.3 Å². The van der Waals surface area contributed by atoms with Gasteiger partial charge in [-0.25, -0.2) is 9.79 Å². The van der Waals surface area contributed by atoms with Crippen LogP contribution in [0, 0.1) is 11.8 Å². The molecule has 2 fully saturated rings. The molecule has 3 aliphatic heterocycles. The summed E-state index contributed by atoms with van der Waals surface area (Å²) >= 11 is 0. The first-order valence-corrected chi connectivity index (χ1v) is 8.60. The van der Waals surface area contributed by atoms with Crippen molar-refractivity contribution >= 4 is 17.8 Å². The van der Waals surface area contributed by atoms with Gasteiger partial charge in [0.2, 0.25) is 5.91 Å². The van der Waals surface area contributed by atoms with Crippen LogP contribution >= 0.6 is 0 Å². The number of nitrogens with zero attached hydrogens (tertiary/aromatic N) is 3. The number of carbonyl (C=O) groups is 2. The molecule has 7 N–H and O–H groups in total. The molecule has 26 heavy (non-hydrogen) atoms. The van der Waals surface area contributed by atoms with Gasteiger partial charge in [-0.2, -0.15) is 0 Å². The second-order valence-electron chi connectivity index (χ2n) is 7.32. The van der Waals surface area contributed by atoms with Gasteiger partial charge in [0.15, 0.2) is 5.96 Å². The smallest absolute Gasteiger partial charge is 0.352 e. The first kappa shape index (κ1) is 18.6. The van der Waals surface area contributed by atoms with Crippen LogP contribution in [0.25, 0.3) is 0 Å². The van der Waals surface area contributed by atoms with Crippen LogP contribution in [0.3, 0.4) is 0 Å². The maximum absolute atomic E-state index is 12.3. The van der Waals surface area contributed by atoms with Crippen LogP contribution in [0.4, 0.5) is 0 Å². The van der Waals surface area contributed by atoms with Gasteiger partial charge in [0.25, 0.3) is 0 Å². The third-order valence-electron chi connectivity index (χ3n) is 5.56. The summed E-state index contributed by atoms with van der Waals surface area (Å²) in [6.45, 7) is 4.40. The summed E-state index contributed by atoms with van der Waals surface area (Å²) in [5, 5.41) is 29.6. The van der Waals surface area contributed by atoms with Crippen molar-refractivity contribution < 1.29 is 24.9 Å². The number of hydrogen-bond acceptors (Lipinski definition) is 6. The number of aliphatic hydroxyl groups excluding tert-OH is 2. The van der Waals surface area contributed by atoms with Gasteiger partial charge in [-0.3, -0.25) is 9.69 Å². The van der Waals surface area contributed by atoms with Gasteiger partial charge in [-0.05, 0) is 12.5 Å². The lowest BCUT2D eigenvalue weighted by atomic mass is 9.77. The predicted octanol–water partition coefficient (Wildman–Crippen LogP) is -2.50. The number of carboxylic acids is 1. The highest BCUT2D eigenvalue weighted by Gasteiger charge is 2.59. The number of rotatable bonds is 5. The number of aliphatic hydroxyl groups is 2. The average molecular weight is 367 g/mol. The number of carbonyl (C=O) groups excluding carboxylic acids is 1. The van der Waals surface area contributed by atoms with E-state index in [9.17, 15) is 24.9 Å². The Hall–Kier alpha value is -2.17. The van der Waals surface area contributed by atoms with Gasteiger partial charge in [0.1, 0.15) is 5.70 Å². The van der Waals surface area contributed by atoms with Gasteiger partial charge < -0.3 is 31.7 Å². The number of aliphatic imine (C=N–C) groups is 1. The molecule has 0 spiro atoms. The maximum atomic E-state index is 12.3. The number of hydrogen-bond donors (Lipinski definition) is 5. The van der Waals surface area contributed by atoms with E-state index in [1.54, 1.807) is 6.92 Å². The van der Waals surface area contributed by atoms with E-state index in [0.717, 1.165) is 0 Å². The Bertz CT molecular complexity index is 687. The highest BCUT2D eigenvalue weighted by Crippen LogP contribution is 2.47. The molecular weight excluding hydrogens is 342 g/mol. The highest BCUT2D eigenvalue weighted by molar-refractivity contribution is 6.00. The number of β-lactam (4-membered cyclic amide) rings is 1. The molecule has 0 aliphatic carbocycles. The third kappa shape index (κ3) is 2.83. The van der Waals surface area contributed by atoms with E-state index in [4.69, 9.17) is 11.5 Å². The van der Waals surface area contributed by atoms with Crippen LogP contribution in [-0.4, -0.2) is 86.9 Å². The second kappa shape index (κ2) is 6.53. The first-order valence-electron chi connectivity index (χ1n) is 8.60. The van der Waals surface area contributed by atoms with Crippen LogP contribution in [-0.2, 0) is 9.59 Å². The van der Waals surface area contributed by atoms with Crippen LogP contribution in [0.5, 0.6) is 0 Å². The predicted molar refractivity (Wildman–Crippen MR) is 91.7 cm³/mol. The van der Waals surface area contributed by atoms with Crippen molar-refractivity contribution in [2.45, 2.75) is 38.1 Å². The van der Waals surface area contributed by atoms with Crippen molar-refractivity contribution in [1.29, 1.82) is 0 Å². The molecule has 3 rings (SSSR count). The number of fused-ring (bicyclic) bond motifs is 1. The summed E-state index contributed by atoms with van der Waals surface area (Å²) in [7, 11) is 0. The lowest BCUT2D eigenvalue weighted by Gasteiger charge is -2.46. The minimum atomic E-state index is -1.16. The van der Waals surface area contributed by atoms with E-state index < -0.39 is 30.1 Å². The third-order valence-corrected chi connectivity index (χ3v) is 5.56. The summed E-state index contributed by atoms with van der Waals surface area (Å²) in [5.74, 6) is -2.41. The molecule has 2 saturated heterocycles. The molecule has 10 nitrogen and oxygen atoms in total. The van der Waals surface area contributed by atoms with Gasteiger partial charge in [-0.1, -0.05) is 6.92 Å². The van der Waals surface area contributed by atoms with Crippen LogP contribution in [0.1, 0.15) is 13.8 Å². The normalized spacial score (nSPS) is 35.3. The average Bonchev–Trinajstić information content (AvgIpc) is 2.96. The number of β-amino-alcohol motifs (C(OH)–C–C–N with tert-alkyl or cyclic N) is 1. The molecule has 0 aromatic heterocycles. The zero-order valence-corrected chi connectivity index (χ0v) is 14.7. The molecule has 0 aromatic carbocycles. The molecule has 0 bridgehead atoms. The fraction of sp³-hybridized carbons (Fsp3) is 0.688. The number of carboxylic acid groups (broad SMARTS) is 1. The van der Waals surface area contributed by atoms with Gasteiger partial charge in [-0.15, -0.1) is 0 Å². The fourth-order valence-electron chi connectivity index (χ4n) is 4.39. The van der Waals surface area contributed by atoms with E-state index in [2.05, 4.69) is 4.99 Å². The summed E-state index contributed by atoms with van der Waals surface area (Å²) in [6.07, 6.45) is -1.58. The molecule has 10 heteroatoms. The standard InChI is InChI=1S/C16H25N5O5/c1-6-8(3-20-4-9(10(23)5-20)19-16(17)18)13(15(25)26)21-12(6)11(7(2)22)14(21)24/h6-7,9-12,22-23H,3-5H2,1-2H3,(H,25,26)(H4,17,18,19)/t6-,7+,9-,10-,11-,12+/m0/s1. The Morgan fingerprint density at radius 3 is 2.58 bits per heavy atom. The lowest BCUT2D eigenvalue weighted by molar-refractivity contribution is -0.163. The van der Waals surface area contributed by atoms with E-state index in [-0.39, 0.29) is 29.5 Å². The molecule has 0 aromatic rings. The van der Waals surface area contributed by atoms with Crippen molar-refractivity contribution in [2.75, 3.05) is 19.6 Å². The maximum Gasteiger partial charge on any atom is 0.352 e. The largest absolute Gasteiger partial charge is 0.477 e. The van der Waals surface area contributed by atoms with Crippen molar-refractivity contribution in [3.8, 4) is 0 Å². The molecule has 1 amide bonds. The van der Waals surface area contributed by atoms with Crippen LogP contribution in [0.15, 0.2) is 16.3 Å². The lowest BCUT2D eigenvalue weighted by Crippen LogP contribution is -2.63. The summed E-state index contributed by atoms with van der Waals surface area (Å²) in [6, 6.07) is -0.806. The summed E-state index contributed by atoms with van der Waals surface area (Å²) in [4.78, 5) is 31.3. The Morgan fingerprint density at radius 1 is 1.38 bits per heavy atom. The van der Waals surface area contributed by atoms with E-state index in [1.165, 1.54) is 4.90 Å². The summed E-state index contributed by atoms with van der Waals surface area (Å²) in [5.41, 5.74) is 11.4. The van der Waals surface area contributed by atoms with Crippen molar-refractivity contribution in [3.63, 3.8) is 0 Å². The quantitative estimate of drug-likeness (QED) is 0.202. The number of guanidine groups is 1. The Labute approximate surface area is 150 Å². The van der Waals surface area contributed by atoms with Crippen molar-refractivity contribution in [1.82, 2.24) is 9.80 Å².